The molecule has 1 aliphatic rings. The van der Waals surface area contributed by atoms with Crippen LogP contribution in [-0.2, 0) is 4.79 Å². The predicted octanol–water partition coefficient (Wildman–Crippen LogP) is 3.60. The van der Waals surface area contributed by atoms with E-state index < -0.39 is 11.7 Å². The number of fused-ring (bicyclic) bond motifs is 1. The van der Waals surface area contributed by atoms with Gasteiger partial charge < -0.3 is 10.6 Å². The molecule has 2 aromatic heterocycles. The fourth-order valence-corrected chi connectivity index (χ4v) is 4.33. The number of hydrogen-bond acceptors (Lipinski definition) is 5. The molecule has 3 aromatic rings. The Morgan fingerprint density at radius 1 is 1.31 bits per heavy atom. The number of thiazole rings is 1. The fraction of sp³-hybridized carbons (Fsp3) is 0.350. The summed E-state index contributed by atoms with van der Waals surface area (Å²) in [6, 6.07) is 4.53. The fourth-order valence-electron chi connectivity index (χ4n) is 3.49. The zero-order valence-electron chi connectivity index (χ0n) is 16.0. The van der Waals surface area contributed by atoms with Gasteiger partial charge in [-0.1, -0.05) is 17.8 Å². The molecule has 1 aliphatic heterocycles. The molecule has 9 heteroatoms. The van der Waals surface area contributed by atoms with Crippen LogP contribution in [0.5, 0.6) is 0 Å². The van der Waals surface area contributed by atoms with Crippen LogP contribution in [0.3, 0.4) is 0 Å². The topological polar surface area (TPSA) is 78.7 Å². The summed E-state index contributed by atoms with van der Waals surface area (Å²) < 4.78 is 15.9. The SMILES string of the molecule is CC1CCCCN1CC(=O)Nc1ccc(F)c(NC(=O)c2cn3ccnc3s2)c1. The third-order valence-corrected chi connectivity index (χ3v) is 6.11. The van der Waals surface area contributed by atoms with Crippen LogP contribution in [-0.4, -0.2) is 45.2 Å². The minimum absolute atomic E-state index is 0.0187. The van der Waals surface area contributed by atoms with Crippen molar-refractivity contribution in [1.82, 2.24) is 14.3 Å². The lowest BCUT2D eigenvalue weighted by atomic mass is 10.0. The molecule has 152 valence electrons. The molecular weight excluding hydrogens is 393 g/mol. The third kappa shape index (κ3) is 4.46. The number of imidazole rings is 1. The molecule has 0 radical (unpaired) electrons. The molecule has 0 aliphatic carbocycles. The van der Waals surface area contributed by atoms with Crippen molar-refractivity contribution in [2.24, 2.45) is 0 Å². The summed E-state index contributed by atoms with van der Waals surface area (Å²) in [5.74, 6) is -1.14. The van der Waals surface area contributed by atoms with E-state index >= 15 is 0 Å². The average molecular weight is 415 g/mol. The Labute approximate surface area is 171 Å². The summed E-state index contributed by atoms with van der Waals surface area (Å²) in [6.45, 7) is 3.33. The van der Waals surface area contributed by atoms with E-state index in [1.807, 2.05) is 0 Å². The van der Waals surface area contributed by atoms with Crippen molar-refractivity contribution >= 4 is 39.5 Å². The van der Waals surface area contributed by atoms with Crippen LogP contribution in [0.15, 0.2) is 36.8 Å². The first kappa shape index (κ1) is 19.5. The van der Waals surface area contributed by atoms with Gasteiger partial charge in [-0.3, -0.25) is 18.9 Å². The number of halogens is 1. The smallest absolute Gasteiger partial charge is 0.267 e. The van der Waals surface area contributed by atoms with Gasteiger partial charge in [0.25, 0.3) is 5.91 Å². The lowest BCUT2D eigenvalue weighted by molar-refractivity contribution is -0.118. The van der Waals surface area contributed by atoms with Gasteiger partial charge >= 0.3 is 0 Å². The van der Waals surface area contributed by atoms with Crippen LogP contribution in [0, 0.1) is 5.82 Å². The number of nitrogens with zero attached hydrogens (tertiary/aromatic N) is 3. The molecule has 1 aromatic carbocycles. The largest absolute Gasteiger partial charge is 0.325 e. The van der Waals surface area contributed by atoms with Gasteiger partial charge in [0.2, 0.25) is 5.91 Å². The Bertz CT molecular complexity index is 1020. The number of carbonyl (C=O) groups is 2. The van der Waals surface area contributed by atoms with Gasteiger partial charge in [-0.25, -0.2) is 9.37 Å². The molecule has 0 spiro atoms. The minimum atomic E-state index is -0.567. The Hall–Kier alpha value is -2.78. The summed E-state index contributed by atoms with van der Waals surface area (Å²) in [7, 11) is 0. The molecule has 3 heterocycles. The van der Waals surface area contributed by atoms with E-state index in [-0.39, 0.29) is 11.6 Å². The van der Waals surface area contributed by atoms with Crippen molar-refractivity contribution in [1.29, 1.82) is 0 Å². The molecule has 1 unspecified atom stereocenters. The van der Waals surface area contributed by atoms with Crippen LogP contribution in [0.1, 0.15) is 35.9 Å². The van der Waals surface area contributed by atoms with E-state index in [0.29, 0.717) is 28.1 Å². The molecule has 0 bridgehead atoms. The minimum Gasteiger partial charge on any atom is -0.325 e. The second kappa shape index (κ2) is 8.30. The predicted molar refractivity (Wildman–Crippen MR) is 111 cm³/mol. The number of likely N-dealkylation sites (tertiary alicyclic amines) is 1. The monoisotopic (exact) mass is 415 g/mol. The number of nitrogens with one attached hydrogen (secondary N) is 2. The van der Waals surface area contributed by atoms with Crippen molar-refractivity contribution in [3.63, 3.8) is 0 Å². The first-order valence-corrected chi connectivity index (χ1v) is 10.4. The van der Waals surface area contributed by atoms with E-state index in [9.17, 15) is 14.0 Å². The van der Waals surface area contributed by atoms with Gasteiger partial charge in [0.05, 0.1) is 12.2 Å². The number of aromatic nitrogens is 2. The van der Waals surface area contributed by atoms with E-state index in [2.05, 4.69) is 27.4 Å². The van der Waals surface area contributed by atoms with E-state index in [1.54, 1.807) is 23.0 Å². The molecule has 0 saturated carbocycles. The van der Waals surface area contributed by atoms with Crippen LogP contribution in [0.2, 0.25) is 0 Å². The zero-order valence-corrected chi connectivity index (χ0v) is 16.8. The highest BCUT2D eigenvalue weighted by Gasteiger charge is 2.21. The Morgan fingerprint density at radius 3 is 2.97 bits per heavy atom. The van der Waals surface area contributed by atoms with Gasteiger partial charge in [0, 0.05) is 30.3 Å². The maximum Gasteiger partial charge on any atom is 0.267 e. The van der Waals surface area contributed by atoms with E-state index in [1.165, 1.54) is 36.0 Å². The maximum atomic E-state index is 14.2. The number of carbonyl (C=O) groups excluding carboxylic acids is 2. The van der Waals surface area contributed by atoms with E-state index in [4.69, 9.17) is 0 Å². The molecule has 7 nitrogen and oxygen atoms in total. The Balaban J connectivity index is 1.42. The first-order chi connectivity index (χ1) is 14.0. The second-order valence-corrected chi connectivity index (χ2v) is 8.23. The molecule has 2 N–H and O–H groups in total. The molecule has 1 saturated heterocycles. The van der Waals surface area contributed by atoms with Crippen LogP contribution in [0.4, 0.5) is 15.8 Å². The summed E-state index contributed by atoms with van der Waals surface area (Å²) in [6.07, 6.45) is 8.40. The normalized spacial score (nSPS) is 17.4. The summed E-state index contributed by atoms with van der Waals surface area (Å²) in [5.41, 5.74) is 0.461. The Kier molecular flexibility index (Phi) is 5.59. The van der Waals surface area contributed by atoms with Gasteiger partial charge in [0.15, 0.2) is 4.96 Å². The average Bonchev–Trinajstić information content (AvgIpc) is 3.28. The van der Waals surface area contributed by atoms with Crippen molar-refractivity contribution in [2.75, 3.05) is 23.7 Å². The third-order valence-electron chi connectivity index (χ3n) is 5.10. The van der Waals surface area contributed by atoms with Crippen LogP contribution >= 0.6 is 11.3 Å². The van der Waals surface area contributed by atoms with Crippen molar-refractivity contribution in [3.8, 4) is 0 Å². The van der Waals surface area contributed by atoms with Crippen molar-refractivity contribution in [3.05, 3.63) is 47.5 Å². The first-order valence-electron chi connectivity index (χ1n) is 9.57. The number of benzene rings is 1. The maximum absolute atomic E-state index is 14.2. The quantitative estimate of drug-likeness (QED) is 0.667. The summed E-state index contributed by atoms with van der Waals surface area (Å²) in [4.78, 5) is 32.2. The lowest BCUT2D eigenvalue weighted by Crippen LogP contribution is -2.42. The molecule has 1 atom stereocenters. The Morgan fingerprint density at radius 2 is 2.17 bits per heavy atom. The lowest BCUT2D eigenvalue weighted by Gasteiger charge is -2.32. The van der Waals surface area contributed by atoms with Crippen molar-refractivity contribution < 1.29 is 14.0 Å². The highest BCUT2D eigenvalue weighted by atomic mass is 32.1. The number of piperidine rings is 1. The molecule has 4 rings (SSSR count). The molecule has 29 heavy (non-hydrogen) atoms. The van der Waals surface area contributed by atoms with Crippen LogP contribution < -0.4 is 10.6 Å². The highest BCUT2D eigenvalue weighted by molar-refractivity contribution is 7.18. The van der Waals surface area contributed by atoms with Gasteiger partial charge in [-0.15, -0.1) is 0 Å². The number of hydrogen-bond donors (Lipinski definition) is 2. The van der Waals surface area contributed by atoms with Crippen molar-refractivity contribution in [2.45, 2.75) is 32.2 Å². The number of amides is 2. The zero-order chi connectivity index (χ0) is 20.4. The number of anilines is 2. The van der Waals surface area contributed by atoms with Crippen LogP contribution in [0.25, 0.3) is 4.96 Å². The van der Waals surface area contributed by atoms with Gasteiger partial charge in [0.1, 0.15) is 10.7 Å². The molecular formula is C20H22FN5O2S. The highest BCUT2D eigenvalue weighted by Crippen LogP contribution is 2.23. The molecule has 2 amide bonds. The summed E-state index contributed by atoms with van der Waals surface area (Å²) in [5, 5.41) is 5.37. The number of rotatable bonds is 5. The van der Waals surface area contributed by atoms with Gasteiger partial charge in [-0.2, -0.15) is 0 Å². The summed E-state index contributed by atoms with van der Waals surface area (Å²) >= 11 is 1.21. The van der Waals surface area contributed by atoms with E-state index in [0.717, 1.165) is 19.4 Å². The molecule has 1 fully saturated rings. The second-order valence-electron chi connectivity index (χ2n) is 7.22. The standard InChI is InChI=1S/C20H22FN5O2S/c1-13-4-2-3-8-25(13)12-18(27)23-14-5-6-15(21)16(10-14)24-19(28)17-11-26-9-7-22-20(26)29-17/h5-7,9-11,13H,2-4,8,12H2,1H3,(H,23,27)(H,24,28). The van der Waals surface area contributed by atoms with Gasteiger partial charge in [-0.05, 0) is 44.5 Å².